The molecule has 0 amide bonds. The van der Waals surface area contributed by atoms with E-state index in [1.54, 1.807) is 6.33 Å². The lowest BCUT2D eigenvalue weighted by atomic mass is 10.2. The highest BCUT2D eigenvalue weighted by atomic mass is 15.1. The number of nitrogens with zero attached hydrogens (tertiary/aromatic N) is 2. The lowest BCUT2D eigenvalue weighted by Gasteiger charge is -2.28. The minimum atomic E-state index is 0.522. The molecule has 2 heterocycles. The third kappa shape index (κ3) is 2.18. The number of anilines is 2. The SMILES string of the molecule is c1nc(NC2CC2)cc(NC2CNC2)n1. The molecular formula is C10H15N5. The van der Waals surface area contributed by atoms with Crippen LogP contribution < -0.4 is 16.0 Å². The number of rotatable bonds is 4. The van der Waals surface area contributed by atoms with Gasteiger partial charge in [-0.25, -0.2) is 9.97 Å². The van der Waals surface area contributed by atoms with Gasteiger partial charge in [0, 0.05) is 25.2 Å². The second-order valence-corrected chi connectivity index (χ2v) is 4.21. The first-order valence-corrected chi connectivity index (χ1v) is 5.46. The van der Waals surface area contributed by atoms with E-state index in [4.69, 9.17) is 0 Å². The molecule has 1 saturated heterocycles. The van der Waals surface area contributed by atoms with Crippen LogP contribution in [0.2, 0.25) is 0 Å². The average molecular weight is 205 g/mol. The van der Waals surface area contributed by atoms with E-state index in [1.807, 2.05) is 6.07 Å². The fourth-order valence-electron chi connectivity index (χ4n) is 1.55. The van der Waals surface area contributed by atoms with Gasteiger partial charge in [0.25, 0.3) is 0 Å². The van der Waals surface area contributed by atoms with Gasteiger partial charge in [0.1, 0.15) is 18.0 Å². The van der Waals surface area contributed by atoms with Crippen LogP contribution in [0.3, 0.4) is 0 Å². The van der Waals surface area contributed by atoms with Gasteiger partial charge in [-0.1, -0.05) is 0 Å². The van der Waals surface area contributed by atoms with Gasteiger partial charge in [-0.2, -0.15) is 0 Å². The van der Waals surface area contributed by atoms with Crippen LogP contribution in [0.25, 0.3) is 0 Å². The molecule has 1 aromatic heterocycles. The maximum atomic E-state index is 4.20. The summed E-state index contributed by atoms with van der Waals surface area (Å²) in [6, 6.07) is 3.14. The van der Waals surface area contributed by atoms with Crippen LogP contribution in [0.5, 0.6) is 0 Å². The highest BCUT2D eigenvalue weighted by Crippen LogP contribution is 2.24. The first-order chi connectivity index (χ1) is 7.40. The van der Waals surface area contributed by atoms with Crippen molar-refractivity contribution in [2.24, 2.45) is 0 Å². The van der Waals surface area contributed by atoms with Crippen molar-refractivity contribution in [3.63, 3.8) is 0 Å². The van der Waals surface area contributed by atoms with Gasteiger partial charge in [0.15, 0.2) is 0 Å². The standard InChI is InChI=1S/C10H15N5/c1-2-7(1)14-9-3-10(13-6-12-9)15-8-4-11-5-8/h3,6-8,11H,1-2,4-5H2,(H2,12,13,14,15). The highest BCUT2D eigenvalue weighted by Gasteiger charge is 2.21. The van der Waals surface area contributed by atoms with Gasteiger partial charge >= 0.3 is 0 Å². The molecule has 1 aromatic rings. The van der Waals surface area contributed by atoms with Gasteiger partial charge < -0.3 is 16.0 Å². The molecule has 0 radical (unpaired) electrons. The summed E-state index contributed by atoms with van der Waals surface area (Å²) in [5.74, 6) is 1.85. The van der Waals surface area contributed by atoms with Crippen molar-refractivity contribution in [3.05, 3.63) is 12.4 Å². The molecule has 3 N–H and O–H groups in total. The quantitative estimate of drug-likeness (QED) is 0.665. The number of nitrogens with one attached hydrogen (secondary N) is 3. The van der Waals surface area contributed by atoms with E-state index in [9.17, 15) is 0 Å². The zero-order valence-corrected chi connectivity index (χ0v) is 8.53. The van der Waals surface area contributed by atoms with Crippen LogP contribution in [0.15, 0.2) is 12.4 Å². The van der Waals surface area contributed by atoms with Crippen LogP contribution in [0, 0.1) is 0 Å². The molecule has 0 atom stereocenters. The Morgan fingerprint density at radius 2 is 1.73 bits per heavy atom. The van der Waals surface area contributed by atoms with E-state index >= 15 is 0 Å². The maximum absolute atomic E-state index is 4.20. The summed E-state index contributed by atoms with van der Waals surface area (Å²) in [4.78, 5) is 8.39. The van der Waals surface area contributed by atoms with Crippen molar-refractivity contribution >= 4 is 11.6 Å². The Morgan fingerprint density at radius 1 is 1.07 bits per heavy atom. The fraction of sp³-hybridized carbons (Fsp3) is 0.600. The van der Waals surface area contributed by atoms with E-state index in [0.717, 1.165) is 24.7 Å². The molecule has 1 aliphatic carbocycles. The van der Waals surface area contributed by atoms with E-state index in [0.29, 0.717) is 12.1 Å². The molecule has 0 bridgehead atoms. The van der Waals surface area contributed by atoms with E-state index in [-0.39, 0.29) is 0 Å². The third-order valence-corrected chi connectivity index (χ3v) is 2.73. The van der Waals surface area contributed by atoms with E-state index in [2.05, 4.69) is 25.9 Å². The van der Waals surface area contributed by atoms with Crippen LogP contribution in [-0.2, 0) is 0 Å². The van der Waals surface area contributed by atoms with Crippen molar-refractivity contribution in [2.75, 3.05) is 23.7 Å². The van der Waals surface area contributed by atoms with E-state index < -0.39 is 0 Å². The minimum absolute atomic E-state index is 0.522. The molecule has 0 unspecified atom stereocenters. The second-order valence-electron chi connectivity index (χ2n) is 4.21. The Kier molecular flexibility index (Phi) is 2.17. The summed E-state index contributed by atoms with van der Waals surface area (Å²) in [6.45, 7) is 2.05. The molecule has 1 aliphatic heterocycles. The highest BCUT2D eigenvalue weighted by molar-refractivity contribution is 5.48. The maximum Gasteiger partial charge on any atom is 0.131 e. The van der Waals surface area contributed by atoms with Crippen LogP contribution in [0.1, 0.15) is 12.8 Å². The Balaban J connectivity index is 1.64. The van der Waals surface area contributed by atoms with Gasteiger partial charge in [-0.05, 0) is 12.8 Å². The monoisotopic (exact) mass is 205 g/mol. The van der Waals surface area contributed by atoms with Crippen LogP contribution in [-0.4, -0.2) is 35.1 Å². The first kappa shape index (κ1) is 8.91. The minimum Gasteiger partial charge on any atom is -0.367 e. The average Bonchev–Trinajstić information content (AvgIpc) is 2.96. The van der Waals surface area contributed by atoms with Crippen LogP contribution >= 0.6 is 0 Å². The Morgan fingerprint density at radius 3 is 2.27 bits per heavy atom. The summed E-state index contributed by atoms with van der Waals surface area (Å²) in [5.41, 5.74) is 0. The number of hydrogen-bond acceptors (Lipinski definition) is 5. The number of hydrogen-bond donors (Lipinski definition) is 3. The summed E-state index contributed by atoms with van der Waals surface area (Å²) < 4.78 is 0. The molecule has 3 rings (SSSR count). The van der Waals surface area contributed by atoms with Crippen molar-refractivity contribution in [2.45, 2.75) is 24.9 Å². The molecule has 80 valence electrons. The topological polar surface area (TPSA) is 61.9 Å². The van der Waals surface area contributed by atoms with Gasteiger partial charge in [0.2, 0.25) is 0 Å². The zero-order valence-electron chi connectivity index (χ0n) is 8.53. The summed E-state index contributed by atoms with van der Waals surface area (Å²) in [7, 11) is 0. The molecule has 2 aliphatic rings. The van der Waals surface area contributed by atoms with Crippen molar-refractivity contribution < 1.29 is 0 Å². The molecule has 2 fully saturated rings. The Hall–Kier alpha value is -1.36. The number of aromatic nitrogens is 2. The van der Waals surface area contributed by atoms with Crippen molar-refractivity contribution in [1.82, 2.24) is 15.3 Å². The second kappa shape index (κ2) is 3.66. The lowest BCUT2D eigenvalue weighted by Crippen LogP contribution is -2.51. The van der Waals surface area contributed by atoms with Gasteiger partial charge in [0.05, 0.1) is 6.04 Å². The fourth-order valence-corrected chi connectivity index (χ4v) is 1.55. The largest absolute Gasteiger partial charge is 0.367 e. The molecule has 0 aromatic carbocycles. The molecule has 0 spiro atoms. The zero-order chi connectivity index (χ0) is 10.1. The molecule has 5 nitrogen and oxygen atoms in total. The Bertz CT molecular complexity index is 345. The van der Waals surface area contributed by atoms with Crippen LogP contribution in [0.4, 0.5) is 11.6 Å². The summed E-state index contributed by atoms with van der Waals surface area (Å²) in [6.07, 6.45) is 4.14. The van der Waals surface area contributed by atoms with Crippen molar-refractivity contribution in [3.8, 4) is 0 Å². The smallest absolute Gasteiger partial charge is 0.131 e. The van der Waals surface area contributed by atoms with Gasteiger partial charge in [-0.15, -0.1) is 0 Å². The summed E-state index contributed by atoms with van der Waals surface area (Å²) in [5, 5.41) is 9.93. The molecule has 15 heavy (non-hydrogen) atoms. The Labute approximate surface area is 88.7 Å². The first-order valence-electron chi connectivity index (χ1n) is 5.46. The van der Waals surface area contributed by atoms with Crippen molar-refractivity contribution in [1.29, 1.82) is 0 Å². The third-order valence-electron chi connectivity index (χ3n) is 2.73. The molecule has 1 saturated carbocycles. The molecule has 5 heteroatoms. The van der Waals surface area contributed by atoms with Gasteiger partial charge in [-0.3, -0.25) is 0 Å². The predicted molar refractivity (Wildman–Crippen MR) is 59.0 cm³/mol. The summed E-state index contributed by atoms with van der Waals surface area (Å²) >= 11 is 0. The van der Waals surface area contributed by atoms with E-state index in [1.165, 1.54) is 12.8 Å². The molecular weight excluding hydrogens is 190 g/mol. The normalized spacial score (nSPS) is 20.8. The lowest BCUT2D eigenvalue weighted by molar-refractivity contribution is 0.471. The predicted octanol–water partition coefficient (Wildman–Crippen LogP) is 0.435.